The van der Waals surface area contributed by atoms with E-state index >= 15 is 0 Å². The number of benzene rings is 1. The first-order valence-corrected chi connectivity index (χ1v) is 4.75. The minimum Gasteiger partial charge on any atom is -0.384 e. The third-order valence-corrected chi connectivity index (χ3v) is 2.44. The van der Waals surface area contributed by atoms with E-state index in [4.69, 9.17) is 4.74 Å². The van der Waals surface area contributed by atoms with E-state index in [1.165, 1.54) is 0 Å². The summed E-state index contributed by atoms with van der Waals surface area (Å²) in [5.41, 5.74) is 3.06. The predicted octanol–water partition coefficient (Wildman–Crippen LogP) is 2.52. The number of Topliss-reactive ketones (excluding diaryl/α,β-unsaturated/α-hetero) is 1. The van der Waals surface area contributed by atoms with Crippen molar-refractivity contribution in [2.75, 3.05) is 13.7 Å². The zero-order valence-electron chi connectivity index (χ0n) is 8.96. The number of ether oxygens (including phenoxy) is 1. The highest BCUT2D eigenvalue weighted by atomic mass is 16.5. The predicted molar refractivity (Wildman–Crippen MR) is 56.7 cm³/mol. The zero-order chi connectivity index (χ0) is 10.6. The molecule has 0 spiro atoms. The molecule has 0 saturated carbocycles. The summed E-state index contributed by atoms with van der Waals surface area (Å²) in [7, 11) is 1.61. The van der Waals surface area contributed by atoms with Gasteiger partial charge in [0.05, 0.1) is 6.61 Å². The summed E-state index contributed by atoms with van der Waals surface area (Å²) in [6.45, 7) is 4.49. The van der Waals surface area contributed by atoms with Crippen LogP contribution < -0.4 is 0 Å². The fourth-order valence-corrected chi connectivity index (χ4v) is 1.38. The fourth-order valence-electron chi connectivity index (χ4n) is 1.38. The molecule has 0 aromatic heterocycles. The van der Waals surface area contributed by atoms with Crippen LogP contribution in [0.25, 0.3) is 0 Å². The molecule has 0 heterocycles. The van der Waals surface area contributed by atoms with Crippen LogP contribution in [0.4, 0.5) is 0 Å². The Morgan fingerprint density at radius 3 is 2.71 bits per heavy atom. The molecule has 0 aliphatic heterocycles. The van der Waals surface area contributed by atoms with Crippen molar-refractivity contribution < 1.29 is 9.53 Å². The van der Waals surface area contributed by atoms with Crippen LogP contribution in [-0.2, 0) is 4.74 Å². The van der Waals surface area contributed by atoms with Gasteiger partial charge in [0.2, 0.25) is 0 Å². The fraction of sp³-hybridized carbons (Fsp3) is 0.417. The Kier molecular flexibility index (Phi) is 3.84. The maximum atomic E-state index is 11.7. The van der Waals surface area contributed by atoms with Crippen molar-refractivity contribution in [1.82, 2.24) is 0 Å². The molecule has 0 unspecified atom stereocenters. The van der Waals surface area contributed by atoms with Crippen molar-refractivity contribution in [2.45, 2.75) is 20.3 Å². The van der Waals surface area contributed by atoms with Gasteiger partial charge in [0.1, 0.15) is 0 Å². The van der Waals surface area contributed by atoms with Crippen molar-refractivity contribution in [3.63, 3.8) is 0 Å². The first-order valence-electron chi connectivity index (χ1n) is 4.75. The molecule has 0 bridgehead atoms. The molecule has 1 aromatic rings. The second-order valence-electron chi connectivity index (χ2n) is 3.41. The summed E-state index contributed by atoms with van der Waals surface area (Å²) < 4.78 is 4.88. The average Bonchev–Trinajstić information content (AvgIpc) is 2.18. The molecule has 1 rings (SSSR count). The Labute approximate surface area is 84.9 Å². The van der Waals surface area contributed by atoms with Crippen LogP contribution in [0.2, 0.25) is 0 Å². The van der Waals surface area contributed by atoms with Crippen molar-refractivity contribution in [3.05, 3.63) is 34.9 Å². The van der Waals surface area contributed by atoms with Gasteiger partial charge in [-0.2, -0.15) is 0 Å². The van der Waals surface area contributed by atoms with E-state index in [-0.39, 0.29) is 5.78 Å². The minimum atomic E-state index is 0.160. The third kappa shape index (κ3) is 2.42. The largest absolute Gasteiger partial charge is 0.384 e. The van der Waals surface area contributed by atoms with Crippen molar-refractivity contribution >= 4 is 5.78 Å². The molecular weight excluding hydrogens is 176 g/mol. The SMILES string of the molecule is COCCC(=O)c1cccc(C)c1C. The van der Waals surface area contributed by atoms with Crippen LogP contribution in [0.15, 0.2) is 18.2 Å². The number of aryl methyl sites for hydroxylation is 1. The van der Waals surface area contributed by atoms with E-state index in [0.29, 0.717) is 13.0 Å². The highest BCUT2D eigenvalue weighted by Gasteiger charge is 2.09. The number of ketones is 1. The smallest absolute Gasteiger partial charge is 0.165 e. The van der Waals surface area contributed by atoms with E-state index in [1.54, 1.807) is 7.11 Å². The maximum absolute atomic E-state index is 11.7. The summed E-state index contributed by atoms with van der Waals surface area (Å²) in [6, 6.07) is 5.81. The molecule has 0 atom stereocenters. The Bertz CT molecular complexity index is 329. The number of hydrogen-bond donors (Lipinski definition) is 0. The van der Waals surface area contributed by atoms with Crippen LogP contribution in [0.1, 0.15) is 27.9 Å². The Balaban J connectivity index is 2.84. The monoisotopic (exact) mass is 192 g/mol. The Morgan fingerprint density at radius 1 is 1.36 bits per heavy atom. The van der Waals surface area contributed by atoms with Gasteiger partial charge in [-0.3, -0.25) is 4.79 Å². The lowest BCUT2D eigenvalue weighted by Gasteiger charge is -2.06. The molecular formula is C12H16O2. The van der Waals surface area contributed by atoms with Gasteiger partial charge in [0.25, 0.3) is 0 Å². The van der Waals surface area contributed by atoms with E-state index in [9.17, 15) is 4.79 Å². The molecule has 0 aliphatic rings. The molecule has 0 amide bonds. The molecule has 2 heteroatoms. The maximum Gasteiger partial charge on any atom is 0.165 e. The lowest BCUT2D eigenvalue weighted by molar-refractivity contribution is 0.0931. The molecule has 0 N–H and O–H groups in total. The van der Waals surface area contributed by atoms with Crippen molar-refractivity contribution in [1.29, 1.82) is 0 Å². The van der Waals surface area contributed by atoms with Gasteiger partial charge in [-0.15, -0.1) is 0 Å². The van der Waals surface area contributed by atoms with E-state index in [0.717, 1.165) is 16.7 Å². The quantitative estimate of drug-likeness (QED) is 0.685. The van der Waals surface area contributed by atoms with E-state index < -0.39 is 0 Å². The van der Waals surface area contributed by atoms with Crippen LogP contribution in [-0.4, -0.2) is 19.5 Å². The second kappa shape index (κ2) is 4.91. The van der Waals surface area contributed by atoms with Gasteiger partial charge < -0.3 is 4.74 Å². The van der Waals surface area contributed by atoms with Gasteiger partial charge in [0.15, 0.2) is 5.78 Å². The van der Waals surface area contributed by atoms with Crippen molar-refractivity contribution in [3.8, 4) is 0 Å². The molecule has 76 valence electrons. The number of rotatable bonds is 4. The van der Waals surface area contributed by atoms with Gasteiger partial charge >= 0.3 is 0 Å². The summed E-state index contributed by atoms with van der Waals surface area (Å²) in [4.78, 5) is 11.7. The first kappa shape index (κ1) is 10.9. The normalized spacial score (nSPS) is 10.2. The average molecular weight is 192 g/mol. The van der Waals surface area contributed by atoms with Gasteiger partial charge in [-0.05, 0) is 25.0 Å². The summed E-state index contributed by atoms with van der Waals surface area (Å²) in [5.74, 6) is 0.160. The molecule has 0 saturated heterocycles. The standard InChI is InChI=1S/C12H16O2/c1-9-5-4-6-11(10(9)2)12(13)7-8-14-3/h4-6H,7-8H2,1-3H3. The van der Waals surface area contributed by atoms with E-state index in [1.807, 2.05) is 32.0 Å². The second-order valence-corrected chi connectivity index (χ2v) is 3.41. The van der Waals surface area contributed by atoms with Gasteiger partial charge in [-0.1, -0.05) is 18.2 Å². The van der Waals surface area contributed by atoms with Crippen molar-refractivity contribution in [2.24, 2.45) is 0 Å². The summed E-state index contributed by atoms with van der Waals surface area (Å²) >= 11 is 0. The molecule has 2 nitrogen and oxygen atoms in total. The lowest BCUT2D eigenvalue weighted by Crippen LogP contribution is -2.05. The summed E-state index contributed by atoms with van der Waals surface area (Å²) in [6.07, 6.45) is 0.459. The molecule has 1 aromatic carbocycles. The van der Waals surface area contributed by atoms with Gasteiger partial charge in [0, 0.05) is 19.1 Å². The number of methoxy groups -OCH3 is 1. The molecule has 0 fully saturated rings. The molecule has 0 radical (unpaired) electrons. The van der Waals surface area contributed by atoms with Crippen LogP contribution >= 0.6 is 0 Å². The Hall–Kier alpha value is -1.15. The topological polar surface area (TPSA) is 26.3 Å². The lowest BCUT2D eigenvalue weighted by atomic mass is 9.99. The molecule has 14 heavy (non-hydrogen) atoms. The Morgan fingerprint density at radius 2 is 2.07 bits per heavy atom. The zero-order valence-corrected chi connectivity index (χ0v) is 8.96. The highest BCUT2D eigenvalue weighted by Crippen LogP contribution is 2.14. The highest BCUT2D eigenvalue weighted by molar-refractivity contribution is 5.97. The number of carbonyl (C=O) groups is 1. The van der Waals surface area contributed by atoms with Crippen LogP contribution in [0.5, 0.6) is 0 Å². The summed E-state index contributed by atoms with van der Waals surface area (Å²) in [5, 5.41) is 0. The third-order valence-electron chi connectivity index (χ3n) is 2.44. The number of hydrogen-bond acceptors (Lipinski definition) is 2. The molecule has 0 aliphatic carbocycles. The van der Waals surface area contributed by atoms with Gasteiger partial charge in [-0.25, -0.2) is 0 Å². The van der Waals surface area contributed by atoms with Crippen LogP contribution in [0, 0.1) is 13.8 Å². The number of carbonyl (C=O) groups excluding carboxylic acids is 1. The minimum absolute atomic E-state index is 0.160. The van der Waals surface area contributed by atoms with E-state index in [2.05, 4.69) is 0 Å². The van der Waals surface area contributed by atoms with Crippen LogP contribution in [0.3, 0.4) is 0 Å². The first-order chi connectivity index (χ1) is 6.66.